The van der Waals surface area contributed by atoms with Crippen LogP contribution in [0.4, 0.5) is 0 Å². The third-order valence-corrected chi connectivity index (χ3v) is 3.90. The quantitative estimate of drug-likeness (QED) is 0.676. The molecule has 3 atom stereocenters. The number of hydrogen-bond acceptors (Lipinski definition) is 2. The SMILES string of the molecule is O=C(CCCCO)NC1CC2CCC1C2. The number of aliphatic hydroxyl groups excluding tert-OH is 1. The van der Waals surface area contributed by atoms with E-state index in [4.69, 9.17) is 5.11 Å². The van der Waals surface area contributed by atoms with Gasteiger partial charge in [-0.05, 0) is 43.9 Å². The summed E-state index contributed by atoms with van der Waals surface area (Å²) in [5.41, 5.74) is 0. The molecule has 0 aromatic carbocycles. The Bertz CT molecular complexity index is 230. The molecule has 2 aliphatic carbocycles. The second-order valence-corrected chi connectivity index (χ2v) is 5.03. The molecule has 0 radical (unpaired) electrons. The monoisotopic (exact) mass is 211 g/mol. The molecule has 2 fully saturated rings. The Morgan fingerprint density at radius 1 is 1.27 bits per heavy atom. The summed E-state index contributed by atoms with van der Waals surface area (Å²) in [6, 6.07) is 0.463. The maximum Gasteiger partial charge on any atom is 0.220 e. The lowest BCUT2D eigenvalue weighted by molar-refractivity contribution is -0.122. The van der Waals surface area contributed by atoms with Crippen LogP contribution in [-0.4, -0.2) is 23.7 Å². The zero-order chi connectivity index (χ0) is 10.7. The van der Waals surface area contributed by atoms with Crippen molar-refractivity contribution in [3.63, 3.8) is 0 Å². The van der Waals surface area contributed by atoms with E-state index < -0.39 is 0 Å². The van der Waals surface area contributed by atoms with E-state index >= 15 is 0 Å². The first-order valence-corrected chi connectivity index (χ1v) is 6.20. The first kappa shape index (κ1) is 10.9. The van der Waals surface area contributed by atoms with E-state index in [0.29, 0.717) is 12.5 Å². The molecule has 2 bridgehead atoms. The van der Waals surface area contributed by atoms with Crippen molar-refractivity contribution in [2.45, 2.75) is 51.0 Å². The minimum atomic E-state index is 0.181. The molecule has 0 heterocycles. The van der Waals surface area contributed by atoms with Crippen LogP contribution >= 0.6 is 0 Å². The summed E-state index contributed by atoms with van der Waals surface area (Å²) in [5, 5.41) is 11.8. The summed E-state index contributed by atoms with van der Waals surface area (Å²) in [6.07, 6.45) is 7.35. The highest BCUT2D eigenvalue weighted by molar-refractivity contribution is 5.76. The number of amides is 1. The highest BCUT2D eigenvalue weighted by atomic mass is 16.2. The molecule has 1 amide bonds. The van der Waals surface area contributed by atoms with E-state index in [2.05, 4.69) is 5.32 Å². The molecule has 3 unspecified atom stereocenters. The maximum atomic E-state index is 11.6. The number of rotatable bonds is 5. The molecule has 15 heavy (non-hydrogen) atoms. The minimum Gasteiger partial charge on any atom is -0.396 e. The maximum absolute atomic E-state index is 11.6. The van der Waals surface area contributed by atoms with Crippen molar-refractivity contribution >= 4 is 5.91 Å². The Hall–Kier alpha value is -0.570. The average Bonchev–Trinajstić information content (AvgIpc) is 2.79. The fraction of sp³-hybridized carbons (Fsp3) is 0.917. The van der Waals surface area contributed by atoms with Crippen LogP contribution in [0, 0.1) is 11.8 Å². The molecule has 2 rings (SSSR count). The van der Waals surface area contributed by atoms with Crippen LogP contribution in [0.3, 0.4) is 0 Å². The van der Waals surface area contributed by atoms with Crippen LogP contribution in [0.5, 0.6) is 0 Å². The van der Waals surface area contributed by atoms with Gasteiger partial charge in [0.2, 0.25) is 5.91 Å². The largest absolute Gasteiger partial charge is 0.396 e. The zero-order valence-electron chi connectivity index (χ0n) is 9.24. The molecule has 0 aromatic heterocycles. The number of unbranched alkanes of at least 4 members (excludes halogenated alkanes) is 1. The van der Waals surface area contributed by atoms with E-state index in [-0.39, 0.29) is 12.5 Å². The van der Waals surface area contributed by atoms with Crippen LogP contribution in [0.2, 0.25) is 0 Å². The van der Waals surface area contributed by atoms with Gasteiger partial charge in [0, 0.05) is 19.1 Å². The molecule has 2 saturated carbocycles. The summed E-state index contributed by atoms with van der Waals surface area (Å²) < 4.78 is 0. The van der Waals surface area contributed by atoms with E-state index in [1.807, 2.05) is 0 Å². The second kappa shape index (κ2) is 4.97. The third-order valence-electron chi connectivity index (χ3n) is 3.90. The van der Waals surface area contributed by atoms with E-state index in [0.717, 1.165) is 24.7 Å². The molecule has 0 aromatic rings. The van der Waals surface area contributed by atoms with Crippen LogP contribution in [0.15, 0.2) is 0 Å². The highest BCUT2D eigenvalue weighted by Crippen LogP contribution is 2.44. The first-order valence-electron chi connectivity index (χ1n) is 6.20. The molecule has 3 nitrogen and oxygen atoms in total. The second-order valence-electron chi connectivity index (χ2n) is 5.03. The molecule has 0 saturated heterocycles. The standard InChI is InChI=1S/C12H21NO2/c14-6-2-1-3-12(15)13-11-8-9-4-5-10(11)7-9/h9-11,14H,1-8H2,(H,13,15). The highest BCUT2D eigenvalue weighted by Gasteiger charge is 2.39. The van der Waals surface area contributed by atoms with Gasteiger partial charge in [-0.2, -0.15) is 0 Å². The van der Waals surface area contributed by atoms with Crippen LogP contribution in [-0.2, 0) is 4.79 Å². The number of carbonyl (C=O) groups is 1. The first-order chi connectivity index (χ1) is 7.29. The van der Waals surface area contributed by atoms with E-state index in [1.54, 1.807) is 0 Å². The lowest BCUT2D eigenvalue weighted by Gasteiger charge is -2.22. The third kappa shape index (κ3) is 2.71. The molecule has 86 valence electrons. The Kier molecular flexibility index (Phi) is 3.62. The summed E-state index contributed by atoms with van der Waals surface area (Å²) in [5.74, 6) is 1.83. The predicted octanol–water partition coefficient (Wildman–Crippen LogP) is 1.45. The van der Waals surface area contributed by atoms with E-state index in [9.17, 15) is 4.79 Å². The van der Waals surface area contributed by atoms with Crippen LogP contribution in [0.25, 0.3) is 0 Å². The molecule has 2 aliphatic rings. The summed E-state index contributed by atoms with van der Waals surface area (Å²) in [4.78, 5) is 11.6. The van der Waals surface area contributed by atoms with Gasteiger partial charge < -0.3 is 10.4 Å². The van der Waals surface area contributed by atoms with Crippen molar-refractivity contribution < 1.29 is 9.90 Å². The average molecular weight is 211 g/mol. The Morgan fingerprint density at radius 2 is 2.13 bits per heavy atom. The lowest BCUT2D eigenvalue weighted by atomic mass is 9.95. The van der Waals surface area contributed by atoms with E-state index in [1.165, 1.54) is 25.7 Å². The normalized spacial score (nSPS) is 33.3. The number of carbonyl (C=O) groups excluding carboxylic acids is 1. The predicted molar refractivity (Wildman–Crippen MR) is 58.3 cm³/mol. The van der Waals surface area contributed by atoms with Crippen molar-refractivity contribution in [3.05, 3.63) is 0 Å². The number of fused-ring (bicyclic) bond motifs is 2. The molecule has 0 aliphatic heterocycles. The lowest BCUT2D eigenvalue weighted by Crippen LogP contribution is -2.38. The molecular formula is C12H21NO2. The van der Waals surface area contributed by atoms with Crippen LogP contribution in [0.1, 0.15) is 44.9 Å². The molecule has 0 spiro atoms. The van der Waals surface area contributed by atoms with Crippen molar-refractivity contribution in [3.8, 4) is 0 Å². The number of aliphatic hydroxyl groups is 1. The smallest absolute Gasteiger partial charge is 0.220 e. The summed E-state index contributed by atoms with van der Waals surface area (Å²) >= 11 is 0. The fourth-order valence-electron chi connectivity index (χ4n) is 3.10. The summed E-state index contributed by atoms with van der Waals surface area (Å²) in [6.45, 7) is 0.196. The van der Waals surface area contributed by atoms with Gasteiger partial charge in [0.1, 0.15) is 0 Å². The zero-order valence-corrected chi connectivity index (χ0v) is 9.24. The van der Waals surface area contributed by atoms with Crippen molar-refractivity contribution in [1.82, 2.24) is 5.32 Å². The fourth-order valence-corrected chi connectivity index (χ4v) is 3.10. The van der Waals surface area contributed by atoms with Gasteiger partial charge in [-0.25, -0.2) is 0 Å². The number of hydrogen-bond donors (Lipinski definition) is 2. The minimum absolute atomic E-state index is 0.181. The Labute approximate surface area is 91.2 Å². The van der Waals surface area contributed by atoms with Gasteiger partial charge in [-0.15, -0.1) is 0 Å². The Morgan fingerprint density at radius 3 is 2.73 bits per heavy atom. The molecule has 3 heteroatoms. The molecule has 2 N–H and O–H groups in total. The van der Waals surface area contributed by atoms with Crippen LogP contribution < -0.4 is 5.32 Å². The van der Waals surface area contributed by atoms with Gasteiger partial charge in [0.15, 0.2) is 0 Å². The van der Waals surface area contributed by atoms with Gasteiger partial charge in [0.25, 0.3) is 0 Å². The topological polar surface area (TPSA) is 49.3 Å². The van der Waals surface area contributed by atoms with Gasteiger partial charge >= 0.3 is 0 Å². The van der Waals surface area contributed by atoms with Gasteiger partial charge in [-0.3, -0.25) is 4.79 Å². The van der Waals surface area contributed by atoms with Crippen molar-refractivity contribution in [1.29, 1.82) is 0 Å². The Balaban J connectivity index is 1.66. The van der Waals surface area contributed by atoms with Gasteiger partial charge in [0.05, 0.1) is 0 Å². The van der Waals surface area contributed by atoms with Crippen molar-refractivity contribution in [2.75, 3.05) is 6.61 Å². The van der Waals surface area contributed by atoms with Gasteiger partial charge in [-0.1, -0.05) is 6.42 Å². The summed E-state index contributed by atoms with van der Waals surface area (Å²) in [7, 11) is 0. The van der Waals surface area contributed by atoms with Crippen molar-refractivity contribution in [2.24, 2.45) is 11.8 Å². The number of nitrogens with one attached hydrogen (secondary N) is 1. The molecular weight excluding hydrogens is 190 g/mol.